The Labute approximate surface area is 743 Å². The first-order chi connectivity index (χ1) is 53.4. The molecule has 122 heavy (non-hydrogen) atoms. The lowest BCUT2D eigenvalue weighted by molar-refractivity contribution is -0.143. The molecule has 3 fully saturated rings. The monoisotopic (exact) mass is 1710 g/mol. The molecule has 3 saturated heterocycles. The van der Waals surface area contributed by atoms with Gasteiger partial charge in [0, 0.05) is 66.1 Å². The largest absolute Gasteiger partial charge is 0.447 e. The number of benzene rings is 1. The van der Waals surface area contributed by atoms with Gasteiger partial charge >= 0.3 is 24.2 Å². The van der Waals surface area contributed by atoms with E-state index in [1.165, 1.54) is 0 Å². The summed E-state index contributed by atoms with van der Waals surface area (Å²) in [5.74, 6) is 1.16. The van der Waals surface area contributed by atoms with Crippen LogP contribution < -0.4 is 53.2 Å². The fourth-order valence-corrected chi connectivity index (χ4v) is 21.8. The smallest absolute Gasteiger partial charge is 0.412 e. The van der Waals surface area contributed by atoms with E-state index in [-0.39, 0.29) is 169 Å². The first-order valence-corrected chi connectivity index (χ1v) is 44.0. The molecule has 0 bridgehead atoms. The Hall–Kier alpha value is -7.19. The fraction of sp³-hybridized carbons (Fsp3) is 0.772. The molecular weight excluding hydrogens is 1530 g/mol. The highest BCUT2D eigenvalue weighted by Crippen LogP contribution is 2.59. The van der Waals surface area contributed by atoms with Crippen LogP contribution in [0.5, 0.6) is 0 Å². The predicted octanol–water partition coefficient (Wildman–Crippen LogP) is 22.8. The van der Waals surface area contributed by atoms with Crippen LogP contribution in [0, 0.1) is 103 Å². The van der Waals surface area contributed by atoms with Crippen molar-refractivity contribution in [2.75, 3.05) is 19.7 Å². The number of amides is 10. The molecule has 0 unspecified atom stereocenters. The van der Waals surface area contributed by atoms with Crippen LogP contribution >= 0.6 is 0 Å². The number of nitrogens with one attached hydrogen (secondary N) is 10. The molecule has 8 aliphatic rings. The molecule has 0 aliphatic carbocycles. The minimum Gasteiger partial charge on any atom is -0.447 e. The normalized spacial score (nSPS) is 20.8. The molecule has 1 aromatic carbocycles. The van der Waals surface area contributed by atoms with Crippen LogP contribution in [0.3, 0.4) is 0 Å². The van der Waals surface area contributed by atoms with Gasteiger partial charge in [0.05, 0.1) is 27.4 Å². The van der Waals surface area contributed by atoms with Crippen LogP contribution in [0.15, 0.2) is 84.4 Å². The van der Waals surface area contributed by atoms with Gasteiger partial charge in [-0.25, -0.2) is 24.2 Å². The van der Waals surface area contributed by atoms with Gasteiger partial charge < -0.3 is 57.3 Å². The summed E-state index contributed by atoms with van der Waals surface area (Å²) in [7, 11) is 0. The molecule has 0 atom stereocenters. The lowest BCUT2D eigenvalue weighted by Gasteiger charge is -2.53. The van der Waals surface area contributed by atoms with E-state index in [1.807, 2.05) is 48.7 Å². The summed E-state index contributed by atoms with van der Waals surface area (Å²) < 4.78 is 10.6. The van der Waals surface area contributed by atoms with Gasteiger partial charge in [0.25, 0.3) is 5.91 Å². The van der Waals surface area contributed by atoms with E-state index in [0.717, 1.165) is 18.5 Å². The highest BCUT2D eigenvalue weighted by atomic mass is 16.6. The first-order valence-electron chi connectivity index (χ1n) is 44.0. The van der Waals surface area contributed by atoms with Crippen LogP contribution in [0.25, 0.3) is 0 Å². The Bertz CT molecular complexity index is 3630. The summed E-state index contributed by atoms with van der Waals surface area (Å²) >= 11 is 0. The highest BCUT2D eigenvalue weighted by molar-refractivity contribution is 6.16. The zero-order chi connectivity index (χ0) is 95.7. The van der Waals surface area contributed by atoms with E-state index in [4.69, 9.17) is 14.5 Å². The van der Waals surface area contributed by atoms with Crippen molar-refractivity contribution in [3.05, 3.63) is 85.0 Å². The van der Waals surface area contributed by atoms with Crippen LogP contribution in [-0.4, -0.2) is 101 Å². The number of nitrogens with zero attached hydrogens (tertiary/aromatic N) is 1. The molecule has 10 amide bonds. The Morgan fingerprint density at radius 3 is 1.00 bits per heavy atom. The van der Waals surface area contributed by atoms with Gasteiger partial charge in [0.1, 0.15) is 18.0 Å². The third-order valence-corrected chi connectivity index (χ3v) is 27.7. The van der Waals surface area contributed by atoms with Crippen molar-refractivity contribution in [2.45, 2.75) is 380 Å². The number of carbonyl (C=O) groups is 8. The van der Waals surface area contributed by atoms with Crippen molar-refractivity contribution in [3.63, 3.8) is 0 Å². The molecule has 0 radical (unpaired) electrons. The van der Waals surface area contributed by atoms with Gasteiger partial charge in [-0.3, -0.25) is 24.5 Å². The number of alkyl carbamates (subject to hydrolysis) is 2. The third-order valence-electron chi connectivity index (χ3n) is 27.7. The van der Waals surface area contributed by atoms with Gasteiger partial charge in [-0.15, -0.1) is 0 Å². The maximum atomic E-state index is 12.7. The van der Waals surface area contributed by atoms with Crippen LogP contribution in [-0.2, 0) is 28.7 Å². The third kappa shape index (κ3) is 23.0. The van der Waals surface area contributed by atoms with Crippen molar-refractivity contribution < 1.29 is 47.8 Å². The summed E-state index contributed by atoms with van der Waals surface area (Å²) in [6.07, 6.45) is 16.1. The van der Waals surface area contributed by atoms with Gasteiger partial charge in [0.2, 0.25) is 17.7 Å². The maximum absolute atomic E-state index is 12.7. The molecule has 700 valence electrons. The van der Waals surface area contributed by atoms with Crippen molar-refractivity contribution in [3.8, 4) is 0 Å². The lowest BCUT2D eigenvalue weighted by Crippen LogP contribution is -2.66. The van der Waals surface area contributed by atoms with Gasteiger partial charge in [0.15, 0.2) is 5.54 Å². The minimum absolute atomic E-state index is 0. The average molecular weight is 1710 g/mol. The lowest BCUT2D eigenvalue weighted by atomic mass is 9.52. The summed E-state index contributed by atoms with van der Waals surface area (Å²) in [6, 6.07) is 9.65. The number of ether oxygens (including phenoxy) is 2. The summed E-state index contributed by atoms with van der Waals surface area (Å²) in [5, 5.41) is 28.8. The van der Waals surface area contributed by atoms with Crippen molar-refractivity contribution in [2.24, 2.45) is 108 Å². The van der Waals surface area contributed by atoms with Gasteiger partial charge in [-0.05, 0) is 94.4 Å². The van der Waals surface area contributed by atoms with Crippen LogP contribution in [0.2, 0.25) is 0 Å². The quantitative estimate of drug-likeness (QED) is 0.127. The Morgan fingerprint density at radius 2 is 0.770 bits per heavy atom. The molecular formula is C101H181N11O10. The number of allylic oxidation sites excluding steroid dienone is 1. The predicted molar refractivity (Wildman–Crippen MR) is 507 cm³/mol. The molecule has 1 aromatic rings. The Morgan fingerprint density at radius 1 is 0.352 bits per heavy atom. The summed E-state index contributed by atoms with van der Waals surface area (Å²) in [5.41, 5.74) is -2.55. The van der Waals surface area contributed by atoms with E-state index in [2.05, 4.69) is 398 Å². The van der Waals surface area contributed by atoms with Crippen molar-refractivity contribution >= 4 is 53.7 Å². The van der Waals surface area contributed by atoms with Crippen molar-refractivity contribution in [1.82, 2.24) is 53.2 Å². The molecule has 21 nitrogen and oxygen atoms in total. The Balaban J connectivity index is 0.000000698. The van der Waals surface area contributed by atoms with Crippen molar-refractivity contribution in [1.29, 1.82) is 0 Å². The number of amidine groups is 1. The number of hydrogen-bond acceptors (Lipinski definition) is 11. The topological polar surface area (TPSA) is 288 Å². The molecule has 8 aliphatic heterocycles. The van der Waals surface area contributed by atoms with E-state index < -0.39 is 16.6 Å². The SMILES string of the molecule is C.CC(C)(C)C1(C(C)(C)C)C=CNC(=O)C1.CC(C)(C)C1(C(C)(C)C)C=CNC(=O)N1.CC(C)(C)C1(C(C)(C)C)C=CNC(=O)O1.CC(C)(C)C1(C(C)(C)C)C=CNC1=O.CC(C)(C)C1(C(C)(C)C)CCNC1=O.CC(C)(C)C1(C(C)(C)C)CNC(=O)N1.CC(C)(C)C1(C(C)(C)C)COC(=O)N1.CC(C)(C)C1(C(C)(C)C)N=C(c2ccccc2)NC1=O. The molecule has 0 aromatic heterocycles. The standard InChI is InChI=1S/C17H24N2O.C13H23NO.C12H22N2O.C12H21NO2.C12H23NO.C12H21NO.C11H22N2O.C11H21NO2.CH4/c1-15(2,3)17(16(4,5)6)14(20)18-13(19-17)12-10-8-7-9-11-12;1-11(2,3)13(12(4,5)6)7-8-14-10(15)9-13;1-10(2,3)12(11(4,5)6)7-8-13-9(15)14-12;1-10(2,3)12(11(4,5)6)7-8-13-9(14)15-12;2*1-10(2,3)12(11(4,5)6)7-8-13-9(12)14;1-9(2,3)11(10(4,5)6)7-12-8(14)13-11;1-9(2,3)11(10(4,5)6)7-14-8(13)12-11;/h7-11H,1-6H3,(H,18,19,20);7-8H,9H2,1-6H3,(H,14,15);7-8H,1-6H3,(H2,13,14,15);7-8H,1-6H3,(H,13,14);7-8H2,1-6H3,(H,13,14);7-8H,1-6H3,(H,13,14);7H2,1-6H3,(H2,12,13,14);7H2,1-6H3,(H,12,13);1H4. The Kier molecular flexibility index (Phi) is 34.2. The zero-order valence-electron chi connectivity index (χ0n) is 85.6. The minimum atomic E-state index is -0.759. The number of aliphatic imine (C=N–C) groups is 1. The zero-order valence-corrected chi connectivity index (χ0v) is 85.6. The second-order valence-electron chi connectivity index (χ2n) is 51.2. The van der Waals surface area contributed by atoms with Crippen LogP contribution in [0.1, 0.15) is 358 Å². The number of hydrogen-bond donors (Lipinski definition) is 10. The van der Waals surface area contributed by atoms with E-state index in [9.17, 15) is 38.4 Å². The van der Waals surface area contributed by atoms with E-state index in [0.29, 0.717) is 25.4 Å². The number of rotatable bonds is 1. The molecule has 21 heteroatoms. The maximum Gasteiger partial charge on any atom is 0.412 e. The second-order valence-corrected chi connectivity index (χ2v) is 51.2. The van der Waals surface area contributed by atoms with Gasteiger partial charge in [-0.1, -0.05) is 382 Å². The van der Waals surface area contributed by atoms with Crippen LogP contribution in [0.4, 0.5) is 19.2 Å². The molecule has 0 spiro atoms. The van der Waals surface area contributed by atoms with E-state index in [1.54, 1.807) is 18.6 Å². The summed E-state index contributed by atoms with van der Waals surface area (Å²) in [6.45, 7) is 105. The van der Waals surface area contributed by atoms with E-state index >= 15 is 0 Å². The molecule has 0 saturated carbocycles. The number of carbonyl (C=O) groups excluding carboxylic acids is 8. The molecule has 9 rings (SSSR count). The number of cyclic esters (lactones) is 2. The second kappa shape index (κ2) is 37.0. The first kappa shape index (κ1) is 113. The highest BCUT2D eigenvalue weighted by Gasteiger charge is 2.63. The molecule has 10 N–H and O–H groups in total. The fourth-order valence-electron chi connectivity index (χ4n) is 21.8. The van der Waals surface area contributed by atoms with Gasteiger partial charge in [-0.2, -0.15) is 0 Å². The molecule has 8 heterocycles. The number of urea groups is 2. The summed E-state index contributed by atoms with van der Waals surface area (Å²) in [4.78, 5) is 98.8. The average Bonchev–Trinajstić information content (AvgIpc) is 1.58.